The van der Waals surface area contributed by atoms with Crippen LogP contribution in [0, 0.1) is 16.2 Å². The van der Waals surface area contributed by atoms with Crippen LogP contribution in [0.2, 0.25) is 0 Å². The van der Waals surface area contributed by atoms with Gasteiger partial charge < -0.3 is 24.4 Å². The second-order valence-corrected chi connectivity index (χ2v) is 5.59. The molecule has 0 aromatic carbocycles. The van der Waals surface area contributed by atoms with Gasteiger partial charge in [-0.3, -0.25) is 48.3 Å². The fourth-order valence-corrected chi connectivity index (χ4v) is 1.97. The molecule has 3 atom stereocenters. The van der Waals surface area contributed by atoms with Crippen molar-refractivity contribution in [2.75, 3.05) is 33.0 Å². The lowest BCUT2D eigenvalue weighted by Gasteiger charge is -2.30. The van der Waals surface area contributed by atoms with Crippen molar-refractivity contribution in [1.29, 1.82) is 16.2 Å². The van der Waals surface area contributed by atoms with Gasteiger partial charge in [0.2, 0.25) is 0 Å². The first-order valence-electron chi connectivity index (χ1n) is 8.42. The van der Waals surface area contributed by atoms with Crippen molar-refractivity contribution in [1.82, 2.24) is 16.4 Å². The van der Waals surface area contributed by atoms with Crippen LogP contribution in [0.25, 0.3) is 0 Å². The van der Waals surface area contributed by atoms with Gasteiger partial charge in [0.25, 0.3) is 0 Å². The molecule has 0 fully saturated rings. The molecule has 0 saturated heterocycles. The molecule has 164 valence electrons. The molecule has 0 aromatic heterocycles. The third-order valence-electron chi connectivity index (χ3n) is 3.46. The van der Waals surface area contributed by atoms with Crippen LogP contribution in [-0.2, 0) is 14.2 Å². The number of amidine groups is 3. The van der Waals surface area contributed by atoms with E-state index in [0.29, 0.717) is 0 Å². The van der Waals surface area contributed by atoms with Crippen LogP contribution in [0.3, 0.4) is 0 Å². The van der Waals surface area contributed by atoms with Crippen molar-refractivity contribution in [3.8, 4) is 0 Å². The molecule has 0 aliphatic carbocycles. The molecule has 28 heavy (non-hydrogen) atoms. The molecule has 3 unspecified atom stereocenters. The van der Waals surface area contributed by atoms with E-state index >= 15 is 0 Å². The minimum absolute atomic E-state index is 0.0110. The maximum atomic E-state index is 10.3. The number of hydroxylamine groups is 3. The van der Waals surface area contributed by atoms with Gasteiger partial charge in [0.1, 0.15) is 35.8 Å². The maximum absolute atomic E-state index is 10.3. The van der Waals surface area contributed by atoms with Crippen LogP contribution in [0.15, 0.2) is 0 Å². The van der Waals surface area contributed by atoms with Crippen molar-refractivity contribution >= 4 is 17.5 Å². The van der Waals surface area contributed by atoms with E-state index in [0.717, 1.165) is 0 Å². The normalized spacial score (nSPS) is 14.0. The summed E-state index contributed by atoms with van der Waals surface area (Å²) >= 11 is 0. The predicted molar refractivity (Wildman–Crippen MR) is 95.2 cm³/mol. The standard InChI is InChI=1S/C14H30N6O8/c15-11(18-23)1-4-26-8-9(22)14(28-6-3-13(17)20-25)10(7-21)27-5-2-12(16)19-24/h9-10,14,21-25H,1-8H2,(H2,15,18)(H2,16,19)(H2,17,20). The van der Waals surface area contributed by atoms with Crippen LogP contribution in [-0.4, -0.2) is 94.7 Å². The van der Waals surface area contributed by atoms with E-state index in [1.165, 1.54) is 0 Å². The Morgan fingerprint density at radius 2 is 1.25 bits per heavy atom. The minimum Gasteiger partial charge on any atom is -0.394 e. The number of nitrogens with one attached hydrogen (secondary N) is 6. The average Bonchev–Trinajstić information content (AvgIpc) is 2.71. The number of rotatable bonds is 16. The molecule has 0 bridgehead atoms. The van der Waals surface area contributed by atoms with Crippen LogP contribution in [0.4, 0.5) is 0 Å². The summed E-state index contributed by atoms with van der Waals surface area (Å²) in [4.78, 5) is 0. The molecule has 11 N–H and O–H groups in total. The van der Waals surface area contributed by atoms with Gasteiger partial charge >= 0.3 is 0 Å². The van der Waals surface area contributed by atoms with E-state index < -0.39 is 24.9 Å². The number of aliphatic hydroxyl groups excluding tert-OH is 2. The Kier molecular flexibility index (Phi) is 15.0. The molecule has 0 spiro atoms. The third kappa shape index (κ3) is 11.7. The zero-order valence-corrected chi connectivity index (χ0v) is 15.3. The Morgan fingerprint density at radius 1 is 0.786 bits per heavy atom. The van der Waals surface area contributed by atoms with Crippen molar-refractivity contribution in [3.63, 3.8) is 0 Å². The molecule has 0 heterocycles. The summed E-state index contributed by atoms with van der Waals surface area (Å²) in [6.07, 6.45) is -3.15. The molecule has 14 heteroatoms. The van der Waals surface area contributed by atoms with Gasteiger partial charge in [-0.25, -0.2) is 0 Å². The van der Waals surface area contributed by atoms with Crippen LogP contribution < -0.4 is 16.4 Å². The third-order valence-corrected chi connectivity index (χ3v) is 3.46. The smallest absolute Gasteiger partial charge is 0.120 e. The molecule has 0 amide bonds. The minimum atomic E-state index is -1.24. The van der Waals surface area contributed by atoms with Crippen LogP contribution >= 0.6 is 0 Å². The van der Waals surface area contributed by atoms with E-state index in [9.17, 15) is 10.2 Å². The van der Waals surface area contributed by atoms with Gasteiger partial charge in [-0.15, -0.1) is 0 Å². The van der Waals surface area contributed by atoms with E-state index in [2.05, 4.69) is 0 Å². The van der Waals surface area contributed by atoms with E-state index in [4.69, 9.17) is 46.1 Å². The number of hydrogen-bond acceptors (Lipinski definition) is 11. The first-order valence-corrected chi connectivity index (χ1v) is 8.42. The molecule has 0 aliphatic heterocycles. The first-order chi connectivity index (χ1) is 13.4. The Morgan fingerprint density at radius 3 is 1.71 bits per heavy atom. The largest absolute Gasteiger partial charge is 0.394 e. The number of hydrogen-bond donors (Lipinski definition) is 11. The second-order valence-electron chi connectivity index (χ2n) is 5.59. The highest BCUT2D eigenvalue weighted by Crippen LogP contribution is 2.12. The average molecular weight is 410 g/mol. The highest BCUT2D eigenvalue weighted by Gasteiger charge is 2.30. The van der Waals surface area contributed by atoms with E-state index in [1.807, 2.05) is 0 Å². The van der Waals surface area contributed by atoms with Gasteiger partial charge in [-0.2, -0.15) is 0 Å². The summed E-state index contributed by atoms with van der Waals surface area (Å²) in [7, 11) is 0. The first kappa shape index (κ1) is 26.1. The van der Waals surface area contributed by atoms with Crippen molar-refractivity contribution in [3.05, 3.63) is 0 Å². The zero-order valence-electron chi connectivity index (χ0n) is 15.3. The molecule has 0 aliphatic rings. The quantitative estimate of drug-likeness (QED) is 0.0585. The lowest BCUT2D eigenvalue weighted by molar-refractivity contribution is -0.146. The van der Waals surface area contributed by atoms with Gasteiger partial charge in [0.05, 0.1) is 33.0 Å². The maximum Gasteiger partial charge on any atom is 0.120 e. The summed E-state index contributed by atoms with van der Waals surface area (Å²) in [5.74, 6) is -0.558. The van der Waals surface area contributed by atoms with Crippen molar-refractivity contribution in [2.45, 2.75) is 37.6 Å². The highest BCUT2D eigenvalue weighted by molar-refractivity contribution is 5.78. The lowest BCUT2D eigenvalue weighted by Crippen LogP contribution is -2.46. The Balaban J connectivity index is 4.71. The molecule has 14 nitrogen and oxygen atoms in total. The molecule has 0 aromatic rings. The summed E-state index contributed by atoms with van der Waals surface area (Å²) in [6, 6.07) is 0. The predicted octanol–water partition coefficient (Wildman–Crippen LogP) is -1.83. The Hall–Kier alpha value is -1.91. The van der Waals surface area contributed by atoms with Crippen LogP contribution in [0.5, 0.6) is 0 Å². The van der Waals surface area contributed by atoms with Gasteiger partial charge in [0, 0.05) is 19.3 Å². The molecule has 0 radical (unpaired) electrons. The summed E-state index contributed by atoms with van der Waals surface area (Å²) < 4.78 is 16.1. The SMILES string of the molecule is N=C(CCOCC(O)C(OCCC(=N)NO)C(CO)OCCC(=N)NO)NO. The fraction of sp³-hybridized carbons (Fsp3) is 0.786. The molecular formula is C14H30N6O8. The zero-order chi connectivity index (χ0) is 21.4. The number of aliphatic hydroxyl groups is 2. The van der Waals surface area contributed by atoms with E-state index in [1.54, 1.807) is 16.4 Å². The Labute approximate surface area is 161 Å². The van der Waals surface area contributed by atoms with Gasteiger partial charge in [0.15, 0.2) is 0 Å². The molecular weight excluding hydrogens is 380 g/mol. The van der Waals surface area contributed by atoms with Gasteiger partial charge in [-0.1, -0.05) is 0 Å². The number of ether oxygens (including phenoxy) is 3. The van der Waals surface area contributed by atoms with Gasteiger partial charge in [-0.05, 0) is 0 Å². The monoisotopic (exact) mass is 410 g/mol. The summed E-state index contributed by atoms with van der Waals surface area (Å²) in [5, 5.41) is 67.4. The van der Waals surface area contributed by atoms with Crippen molar-refractivity contribution in [2.24, 2.45) is 0 Å². The summed E-state index contributed by atoms with van der Waals surface area (Å²) in [5.41, 5.74) is 4.97. The topological polar surface area (TPSA) is 236 Å². The molecule has 0 rings (SSSR count). The Bertz CT molecular complexity index is 469. The van der Waals surface area contributed by atoms with E-state index in [-0.39, 0.29) is 63.2 Å². The summed E-state index contributed by atoms with van der Waals surface area (Å²) in [6.45, 7) is -0.804. The molecule has 0 saturated carbocycles. The van der Waals surface area contributed by atoms with Crippen molar-refractivity contribution < 1.29 is 40.0 Å². The fourth-order valence-electron chi connectivity index (χ4n) is 1.97. The second kappa shape index (κ2) is 16.1. The van der Waals surface area contributed by atoms with Crippen LogP contribution in [0.1, 0.15) is 19.3 Å². The lowest BCUT2D eigenvalue weighted by atomic mass is 10.1. The highest BCUT2D eigenvalue weighted by atomic mass is 16.6.